The summed E-state index contributed by atoms with van der Waals surface area (Å²) in [6.45, 7) is 2.66. The number of carbonyl (C=O) groups excluding carboxylic acids is 2. The molecule has 0 spiro atoms. The van der Waals surface area contributed by atoms with Crippen LogP contribution in [0.4, 0.5) is 0 Å². The molecule has 0 bridgehead atoms. The van der Waals surface area contributed by atoms with Crippen molar-refractivity contribution in [1.29, 1.82) is 0 Å². The molecule has 2 N–H and O–H groups in total. The Hall–Kier alpha value is -2.37. The largest absolute Gasteiger partial charge is 0.396 e. The summed E-state index contributed by atoms with van der Waals surface area (Å²) < 4.78 is 0. The number of carbonyl (C=O) groups is 2. The third kappa shape index (κ3) is 7.52. The minimum atomic E-state index is -0.633. The van der Waals surface area contributed by atoms with Gasteiger partial charge in [0.05, 0.1) is 0 Å². The van der Waals surface area contributed by atoms with E-state index in [0.29, 0.717) is 43.8 Å². The number of amides is 2. The minimum Gasteiger partial charge on any atom is -0.396 e. The summed E-state index contributed by atoms with van der Waals surface area (Å²) in [5.41, 5.74) is 1.90. The third-order valence-corrected chi connectivity index (χ3v) is 4.89. The fourth-order valence-electron chi connectivity index (χ4n) is 3.11. The number of hydrogen-bond donors (Lipinski definition) is 2. The van der Waals surface area contributed by atoms with Gasteiger partial charge in [-0.3, -0.25) is 9.59 Å². The maximum absolute atomic E-state index is 13.0. The highest BCUT2D eigenvalue weighted by Gasteiger charge is 2.29. The predicted molar refractivity (Wildman–Crippen MR) is 116 cm³/mol. The van der Waals surface area contributed by atoms with Gasteiger partial charge in [0.1, 0.15) is 6.04 Å². The molecule has 0 aromatic heterocycles. The van der Waals surface area contributed by atoms with E-state index in [9.17, 15) is 9.59 Å². The molecule has 0 radical (unpaired) electrons. The van der Waals surface area contributed by atoms with Crippen LogP contribution in [0.1, 0.15) is 37.3 Å². The second-order valence-electron chi connectivity index (χ2n) is 6.97. The molecule has 2 aromatic rings. The Morgan fingerprint density at radius 1 is 1.07 bits per heavy atom. The molecule has 29 heavy (non-hydrogen) atoms. The van der Waals surface area contributed by atoms with Gasteiger partial charge in [0.15, 0.2) is 0 Å². The number of aliphatic hydroxyl groups excluding tert-OH is 1. The Labute approximate surface area is 177 Å². The smallest absolute Gasteiger partial charge is 0.243 e. The van der Waals surface area contributed by atoms with Crippen molar-refractivity contribution < 1.29 is 14.7 Å². The fourth-order valence-corrected chi connectivity index (χ4v) is 3.23. The summed E-state index contributed by atoms with van der Waals surface area (Å²) in [5.74, 6) is -0.263. The molecule has 6 heteroatoms. The number of hydrogen-bond acceptors (Lipinski definition) is 3. The van der Waals surface area contributed by atoms with Crippen molar-refractivity contribution in [1.82, 2.24) is 10.2 Å². The lowest BCUT2D eigenvalue weighted by molar-refractivity contribution is -0.141. The second-order valence-corrected chi connectivity index (χ2v) is 7.41. The molecule has 2 aromatic carbocycles. The lowest BCUT2D eigenvalue weighted by Crippen LogP contribution is -2.50. The Morgan fingerprint density at radius 3 is 2.38 bits per heavy atom. The normalized spacial score (nSPS) is 11.7. The molecular formula is C23H29ClN2O3. The van der Waals surface area contributed by atoms with Crippen molar-refractivity contribution in [3.8, 4) is 0 Å². The Morgan fingerprint density at radius 2 is 1.76 bits per heavy atom. The van der Waals surface area contributed by atoms with Gasteiger partial charge in [-0.25, -0.2) is 0 Å². The highest BCUT2D eigenvalue weighted by atomic mass is 35.5. The Kier molecular flexibility index (Phi) is 9.68. The number of halogens is 1. The van der Waals surface area contributed by atoms with Gasteiger partial charge in [0.25, 0.3) is 0 Å². The molecule has 0 saturated heterocycles. The van der Waals surface area contributed by atoms with E-state index in [1.165, 1.54) is 0 Å². The van der Waals surface area contributed by atoms with E-state index in [2.05, 4.69) is 5.32 Å². The van der Waals surface area contributed by atoms with Gasteiger partial charge in [-0.15, -0.1) is 0 Å². The van der Waals surface area contributed by atoms with Crippen LogP contribution in [0.2, 0.25) is 5.02 Å². The summed E-state index contributed by atoms with van der Waals surface area (Å²) in [7, 11) is 0. The number of aliphatic hydroxyl groups is 1. The van der Waals surface area contributed by atoms with Crippen molar-refractivity contribution in [2.45, 2.75) is 45.2 Å². The molecule has 0 aliphatic carbocycles. The molecule has 0 fully saturated rings. The quantitative estimate of drug-likeness (QED) is 0.550. The average Bonchev–Trinajstić information content (AvgIpc) is 2.73. The topological polar surface area (TPSA) is 69.6 Å². The molecule has 2 rings (SSSR count). The van der Waals surface area contributed by atoms with Gasteiger partial charge in [-0.05, 0) is 36.1 Å². The first-order valence-electron chi connectivity index (χ1n) is 10.0. The maximum Gasteiger partial charge on any atom is 0.243 e. The maximum atomic E-state index is 13.0. The highest BCUT2D eigenvalue weighted by molar-refractivity contribution is 6.30. The van der Waals surface area contributed by atoms with Crippen LogP contribution in [0.5, 0.6) is 0 Å². The molecule has 2 amide bonds. The van der Waals surface area contributed by atoms with Crippen molar-refractivity contribution in [3.63, 3.8) is 0 Å². The van der Waals surface area contributed by atoms with Crippen LogP contribution in [0.25, 0.3) is 0 Å². The van der Waals surface area contributed by atoms with Gasteiger partial charge >= 0.3 is 0 Å². The van der Waals surface area contributed by atoms with E-state index in [1.54, 1.807) is 17.0 Å². The summed E-state index contributed by atoms with van der Waals surface area (Å²) in [6, 6.07) is 16.4. The van der Waals surface area contributed by atoms with Crippen LogP contribution in [0.15, 0.2) is 54.6 Å². The van der Waals surface area contributed by atoms with Gasteiger partial charge in [-0.2, -0.15) is 0 Å². The van der Waals surface area contributed by atoms with E-state index >= 15 is 0 Å². The molecule has 1 atom stereocenters. The van der Waals surface area contributed by atoms with Crippen LogP contribution in [0, 0.1) is 0 Å². The highest BCUT2D eigenvalue weighted by Crippen LogP contribution is 2.18. The molecule has 156 valence electrons. The van der Waals surface area contributed by atoms with Crippen molar-refractivity contribution in [3.05, 3.63) is 70.7 Å². The summed E-state index contributed by atoms with van der Waals surface area (Å²) in [6.07, 6.45) is 1.99. The Bertz CT molecular complexity index is 765. The fraction of sp³-hybridized carbons (Fsp3) is 0.391. The zero-order chi connectivity index (χ0) is 21.1. The molecule has 0 aliphatic rings. The van der Waals surface area contributed by atoms with Gasteiger partial charge in [0, 0.05) is 37.6 Å². The summed E-state index contributed by atoms with van der Waals surface area (Å²) >= 11 is 5.99. The first-order valence-corrected chi connectivity index (χ1v) is 10.4. The van der Waals surface area contributed by atoms with Crippen LogP contribution in [-0.2, 0) is 22.6 Å². The standard InChI is InChI=1S/C23H29ClN2O3/c1-2-7-22(28)26(17-19-10-12-20(24)13-11-19)21(23(29)25-14-6-15-27)16-18-8-4-3-5-9-18/h3-5,8-13,21,27H,2,6-7,14-17H2,1H3,(H,25,29)/t21-/m0/s1. The minimum absolute atomic E-state index is 0.00683. The monoisotopic (exact) mass is 416 g/mol. The molecule has 0 unspecified atom stereocenters. The van der Waals surface area contributed by atoms with E-state index in [4.69, 9.17) is 16.7 Å². The van der Waals surface area contributed by atoms with Gasteiger partial charge < -0.3 is 15.3 Å². The van der Waals surface area contributed by atoms with E-state index in [1.807, 2.05) is 49.4 Å². The first-order chi connectivity index (χ1) is 14.0. The number of benzene rings is 2. The molecule has 0 aliphatic heterocycles. The van der Waals surface area contributed by atoms with E-state index < -0.39 is 6.04 Å². The average molecular weight is 417 g/mol. The first kappa shape index (κ1) is 22.9. The van der Waals surface area contributed by atoms with Crippen molar-refractivity contribution >= 4 is 23.4 Å². The molecule has 5 nitrogen and oxygen atoms in total. The van der Waals surface area contributed by atoms with Crippen LogP contribution < -0.4 is 5.32 Å². The molecule has 0 saturated carbocycles. The number of rotatable bonds is 11. The SMILES string of the molecule is CCCC(=O)N(Cc1ccc(Cl)cc1)[C@@H](Cc1ccccc1)C(=O)NCCCO. The molecule has 0 heterocycles. The van der Waals surface area contributed by atoms with E-state index in [-0.39, 0.29) is 18.4 Å². The van der Waals surface area contributed by atoms with Crippen LogP contribution in [-0.4, -0.2) is 41.0 Å². The van der Waals surface area contributed by atoms with Crippen molar-refractivity contribution in [2.24, 2.45) is 0 Å². The van der Waals surface area contributed by atoms with Crippen LogP contribution in [0.3, 0.4) is 0 Å². The summed E-state index contributed by atoms with van der Waals surface area (Å²) in [4.78, 5) is 27.6. The predicted octanol–water partition coefficient (Wildman–Crippen LogP) is 3.58. The molecular weight excluding hydrogens is 388 g/mol. The van der Waals surface area contributed by atoms with E-state index in [0.717, 1.165) is 11.1 Å². The van der Waals surface area contributed by atoms with Gasteiger partial charge in [0.2, 0.25) is 11.8 Å². The lowest BCUT2D eigenvalue weighted by Gasteiger charge is -2.31. The van der Waals surface area contributed by atoms with Gasteiger partial charge in [-0.1, -0.05) is 61.0 Å². The second kappa shape index (κ2) is 12.2. The number of nitrogens with zero attached hydrogens (tertiary/aromatic N) is 1. The zero-order valence-electron chi connectivity index (χ0n) is 16.8. The Balaban J connectivity index is 2.30. The third-order valence-electron chi connectivity index (χ3n) is 4.64. The summed E-state index contributed by atoms with van der Waals surface area (Å²) in [5, 5.41) is 12.5. The zero-order valence-corrected chi connectivity index (χ0v) is 17.6. The van der Waals surface area contributed by atoms with Crippen molar-refractivity contribution in [2.75, 3.05) is 13.2 Å². The van der Waals surface area contributed by atoms with Crippen LogP contribution >= 0.6 is 11.6 Å². The lowest BCUT2D eigenvalue weighted by atomic mass is 10.0. The number of nitrogens with one attached hydrogen (secondary N) is 1.